The Bertz CT molecular complexity index is 480. The second kappa shape index (κ2) is 6.36. The van der Waals surface area contributed by atoms with E-state index in [-0.39, 0.29) is 5.91 Å². The summed E-state index contributed by atoms with van der Waals surface area (Å²) in [6.07, 6.45) is 1.62. The van der Waals surface area contributed by atoms with Crippen LogP contribution in [-0.2, 0) is 4.79 Å². The molecule has 0 spiro atoms. The molecule has 1 amide bonds. The Balaban J connectivity index is 2.06. The number of carbonyl (C=O) groups is 1. The van der Waals surface area contributed by atoms with E-state index >= 15 is 0 Å². The van der Waals surface area contributed by atoms with Gasteiger partial charge in [0.05, 0.1) is 0 Å². The van der Waals surface area contributed by atoms with Crippen LogP contribution in [0.2, 0.25) is 0 Å². The Morgan fingerprint density at radius 2 is 2.32 bits per heavy atom. The van der Waals surface area contributed by atoms with Gasteiger partial charge in [-0.3, -0.25) is 9.79 Å². The molecule has 0 saturated carbocycles. The molecule has 0 radical (unpaired) electrons. The maximum Gasteiger partial charge on any atom is 0.224 e. The van der Waals surface area contributed by atoms with Gasteiger partial charge in [0.2, 0.25) is 5.91 Å². The summed E-state index contributed by atoms with van der Waals surface area (Å²) in [5, 5.41) is 6.22. The van der Waals surface area contributed by atoms with E-state index in [1.807, 2.05) is 38.1 Å². The van der Waals surface area contributed by atoms with Crippen LogP contribution in [0.3, 0.4) is 0 Å². The maximum atomic E-state index is 11.8. The monoisotopic (exact) mass is 259 g/mol. The number of hydrogen-bond donors (Lipinski definition) is 2. The van der Waals surface area contributed by atoms with Gasteiger partial charge in [0.15, 0.2) is 0 Å². The molecule has 0 unspecified atom stereocenters. The van der Waals surface area contributed by atoms with Gasteiger partial charge in [-0.2, -0.15) is 0 Å². The van der Waals surface area contributed by atoms with Gasteiger partial charge in [-0.15, -0.1) is 0 Å². The van der Waals surface area contributed by atoms with Crippen molar-refractivity contribution in [3.63, 3.8) is 0 Å². The molecule has 2 rings (SSSR count). The minimum absolute atomic E-state index is 0.0608. The molecule has 0 fully saturated rings. The van der Waals surface area contributed by atoms with E-state index in [4.69, 9.17) is 0 Å². The lowest BCUT2D eigenvalue weighted by atomic mass is 10.1. The van der Waals surface area contributed by atoms with Crippen molar-refractivity contribution < 1.29 is 4.79 Å². The van der Waals surface area contributed by atoms with Crippen LogP contribution < -0.4 is 10.6 Å². The third kappa shape index (κ3) is 4.09. The molecule has 0 bridgehead atoms. The Morgan fingerprint density at radius 3 is 3.00 bits per heavy atom. The fourth-order valence-corrected chi connectivity index (χ4v) is 2.05. The Kier molecular flexibility index (Phi) is 4.55. The zero-order valence-electron chi connectivity index (χ0n) is 11.6. The summed E-state index contributed by atoms with van der Waals surface area (Å²) >= 11 is 0. The molecule has 19 heavy (non-hydrogen) atoms. The first-order valence-electron chi connectivity index (χ1n) is 6.84. The smallest absolute Gasteiger partial charge is 0.224 e. The highest BCUT2D eigenvalue weighted by Gasteiger charge is 2.09. The van der Waals surface area contributed by atoms with Crippen LogP contribution in [0.15, 0.2) is 29.3 Å². The summed E-state index contributed by atoms with van der Waals surface area (Å²) in [7, 11) is 0. The molecule has 4 nitrogen and oxygen atoms in total. The molecule has 1 heterocycles. The van der Waals surface area contributed by atoms with Gasteiger partial charge in [0.1, 0.15) is 5.84 Å². The summed E-state index contributed by atoms with van der Waals surface area (Å²) in [5.41, 5.74) is 1.86. The predicted molar refractivity (Wildman–Crippen MR) is 78.6 cm³/mol. The normalized spacial score (nSPS) is 14.8. The van der Waals surface area contributed by atoms with Crippen molar-refractivity contribution in [3.8, 4) is 0 Å². The number of aliphatic imine (C=N–C) groups is 1. The molecule has 0 aliphatic carbocycles. The number of rotatable bonds is 4. The predicted octanol–water partition coefficient (Wildman–Crippen LogP) is 2.41. The minimum atomic E-state index is 0.0608. The van der Waals surface area contributed by atoms with E-state index in [9.17, 15) is 4.79 Å². The van der Waals surface area contributed by atoms with Gasteiger partial charge in [0, 0.05) is 30.8 Å². The number of nitrogens with one attached hydrogen (secondary N) is 2. The molecule has 2 N–H and O–H groups in total. The van der Waals surface area contributed by atoms with Crippen LogP contribution in [0.25, 0.3) is 0 Å². The standard InChI is InChI=1S/C15H21N3O/c1-11(2)9-14(19)18-13-6-3-5-12(10-13)15-16-7-4-8-17-15/h3,5-6,10-11H,4,7-9H2,1-2H3,(H,16,17)(H,18,19). The Morgan fingerprint density at radius 1 is 1.47 bits per heavy atom. The summed E-state index contributed by atoms with van der Waals surface area (Å²) in [6, 6.07) is 7.83. The lowest BCUT2D eigenvalue weighted by Crippen LogP contribution is -2.30. The van der Waals surface area contributed by atoms with E-state index in [0.29, 0.717) is 12.3 Å². The van der Waals surface area contributed by atoms with Gasteiger partial charge >= 0.3 is 0 Å². The van der Waals surface area contributed by atoms with E-state index in [0.717, 1.165) is 36.6 Å². The number of nitrogens with zero attached hydrogens (tertiary/aromatic N) is 1. The lowest BCUT2D eigenvalue weighted by Gasteiger charge is -2.15. The third-order valence-electron chi connectivity index (χ3n) is 2.91. The second-order valence-electron chi connectivity index (χ2n) is 5.24. The number of amides is 1. The highest BCUT2D eigenvalue weighted by atomic mass is 16.1. The molecule has 0 saturated heterocycles. The molecule has 1 aliphatic rings. The molecule has 1 aromatic carbocycles. The van der Waals surface area contributed by atoms with Crippen LogP contribution in [0.4, 0.5) is 5.69 Å². The number of amidine groups is 1. The molecule has 1 aromatic rings. The van der Waals surface area contributed by atoms with Crippen molar-refractivity contribution in [2.24, 2.45) is 10.9 Å². The van der Waals surface area contributed by atoms with Crippen molar-refractivity contribution in [3.05, 3.63) is 29.8 Å². The van der Waals surface area contributed by atoms with Crippen molar-refractivity contribution in [2.75, 3.05) is 18.4 Å². The number of anilines is 1. The molecular weight excluding hydrogens is 238 g/mol. The zero-order valence-corrected chi connectivity index (χ0v) is 11.6. The van der Waals surface area contributed by atoms with Crippen LogP contribution >= 0.6 is 0 Å². The first-order chi connectivity index (χ1) is 9.15. The van der Waals surface area contributed by atoms with E-state index in [1.54, 1.807) is 0 Å². The maximum absolute atomic E-state index is 11.8. The van der Waals surface area contributed by atoms with Crippen LogP contribution in [0, 0.1) is 5.92 Å². The van der Waals surface area contributed by atoms with Gasteiger partial charge in [-0.25, -0.2) is 0 Å². The minimum Gasteiger partial charge on any atom is -0.370 e. The SMILES string of the molecule is CC(C)CC(=O)Nc1cccc(C2=NCCCN2)c1. The topological polar surface area (TPSA) is 53.5 Å². The van der Waals surface area contributed by atoms with Crippen LogP contribution in [-0.4, -0.2) is 24.8 Å². The Hall–Kier alpha value is -1.84. The average Bonchev–Trinajstić information content (AvgIpc) is 2.39. The fraction of sp³-hybridized carbons (Fsp3) is 0.467. The highest BCUT2D eigenvalue weighted by molar-refractivity contribution is 6.00. The van der Waals surface area contributed by atoms with Crippen LogP contribution in [0.1, 0.15) is 32.3 Å². The molecule has 1 aliphatic heterocycles. The van der Waals surface area contributed by atoms with Crippen molar-refractivity contribution >= 4 is 17.4 Å². The lowest BCUT2D eigenvalue weighted by molar-refractivity contribution is -0.116. The van der Waals surface area contributed by atoms with Crippen molar-refractivity contribution in [1.29, 1.82) is 0 Å². The quantitative estimate of drug-likeness (QED) is 0.872. The first-order valence-corrected chi connectivity index (χ1v) is 6.84. The average molecular weight is 259 g/mol. The van der Waals surface area contributed by atoms with E-state index < -0.39 is 0 Å². The van der Waals surface area contributed by atoms with E-state index in [1.165, 1.54) is 0 Å². The fourth-order valence-electron chi connectivity index (χ4n) is 2.05. The molecule has 0 aromatic heterocycles. The second-order valence-corrected chi connectivity index (χ2v) is 5.24. The number of hydrogen-bond acceptors (Lipinski definition) is 3. The van der Waals surface area contributed by atoms with Gasteiger partial charge < -0.3 is 10.6 Å². The Labute approximate surface area is 114 Å². The van der Waals surface area contributed by atoms with Crippen molar-refractivity contribution in [1.82, 2.24) is 5.32 Å². The molecule has 102 valence electrons. The number of carbonyl (C=O) groups excluding carboxylic acids is 1. The number of benzene rings is 1. The van der Waals surface area contributed by atoms with Crippen LogP contribution in [0.5, 0.6) is 0 Å². The van der Waals surface area contributed by atoms with Gasteiger partial charge in [-0.1, -0.05) is 26.0 Å². The summed E-state index contributed by atoms with van der Waals surface area (Å²) in [5.74, 6) is 1.35. The van der Waals surface area contributed by atoms with E-state index in [2.05, 4.69) is 15.6 Å². The molecule has 4 heteroatoms. The molecule has 0 atom stereocenters. The highest BCUT2D eigenvalue weighted by Crippen LogP contribution is 2.13. The third-order valence-corrected chi connectivity index (χ3v) is 2.91. The largest absolute Gasteiger partial charge is 0.370 e. The summed E-state index contributed by atoms with van der Waals surface area (Å²) in [4.78, 5) is 16.2. The zero-order chi connectivity index (χ0) is 13.7. The summed E-state index contributed by atoms with van der Waals surface area (Å²) in [6.45, 7) is 5.91. The van der Waals surface area contributed by atoms with Crippen molar-refractivity contribution in [2.45, 2.75) is 26.7 Å². The molecular formula is C15H21N3O. The summed E-state index contributed by atoms with van der Waals surface area (Å²) < 4.78 is 0. The first kappa shape index (κ1) is 13.6. The van der Waals surface area contributed by atoms with Gasteiger partial charge in [-0.05, 0) is 24.5 Å². The van der Waals surface area contributed by atoms with Gasteiger partial charge in [0.25, 0.3) is 0 Å².